The van der Waals surface area contributed by atoms with E-state index in [0.29, 0.717) is 17.4 Å². The lowest BCUT2D eigenvalue weighted by molar-refractivity contribution is -0.161. The largest absolute Gasteiger partial charge is 0.384 e. The van der Waals surface area contributed by atoms with E-state index in [0.717, 1.165) is 11.8 Å². The number of methoxy groups -OCH3 is 1. The number of nitrogens with zero attached hydrogens (tertiary/aromatic N) is 3. The fraction of sp³-hybridized carbons (Fsp3) is 0.556. The van der Waals surface area contributed by atoms with Crippen molar-refractivity contribution < 1.29 is 14.2 Å². The van der Waals surface area contributed by atoms with Gasteiger partial charge in [0.15, 0.2) is 12.0 Å². The predicted octanol–water partition coefficient (Wildman–Crippen LogP) is 3.96. The van der Waals surface area contributed by atoms with Crippen molar-refractivity contribution in [2.24, 2.45) is 5.41 Å². The summed E-state index contributed by atoms with van der Waals surface area (Å²) in [6.07, 6.45) is 5.41. The maximum Gasteiger partial charge on any atom is 0.166 e. The van der Waals surface area contributed by atoms with Crippen LogP contribution in [0.4, 0.5) is 0 Å². The van der Waals surface area contributed by atoms with Crippen LogP contribution in [0.2, 0.25) is 5.15 Å². The van der Waals surface area contributed by atoms with Crippen LogP contribution in [0.15, 0.2) is 31.2 Å². The summed E-state index contributed by atoms with van der Waals surface area (Å²) >= 11 is 6.19. The summed E-state index contributed by atoms with van der Waals surface area (Å²) in [5, 5.41) is 1.20. The van der Waals surface area contributed by atoms with Gasteiger partial charge in [-0.05, 0) is 26.3 Å². The summed E-state index contributed by atoms with van der Waals surface area (Å²) in [6.45, 7) is 10.4. The highest BCUT2D eigenvalue weighted by Crippen LogP contribution is 2.46. The second-order valence-electron chi connectivity index (χ2n) is 6.80. The first-order valence-electron chi connectivity index (χ1n) is 8.32. The standard InChI is InChI=1S/C18H24ClN3O3/c1-6-18(7-2,10-23-5)13-16(25-17(3,4)24-13)22-9-8-12-14(19)20-11-21-15(12)22/h6,8-9,11,13,16H,1,7,10H2,2-5H3/t13-,16+,18-/m0/s1. The molecule has 3 atom stereocenters. The summed E-state index contributed by atoms with van der Waals surface area (Å²) in [5.41, 5.74) is 0.323. The van der Waals surface area contributed by atoms with Crippen molar-refractivity contribution in [1.82, 2.24) is 14.5 Å². The highest BCUT2D eigenvalue weighted by atomic mass is 35.5. The highest BCUT2D eigenvalue weighted by molar-refractivity contribution is 6.33. The number of hydrogen-bond acceptors (Lipinski definition) is 5. The molecule has 136 valence electrons. The summed E-state index contributed by atoms with van der Waals surface area (Å²) in [7, 11) is 1.68. The Labute approximate surface area is 152 Å². The van der Waals surface area contributed by atoms with Gasteiger partial charge in [-0.25, -0.2) is 9.97 Å². The molecule has 3 heterocycles. The Morgan fingerprint density at radius 1 is 1.44 bits per heavy atom. The lowest BCUT2D eigenvalue weighted by atomic mass is 9.79. The molecule has 2 aromatic heterocycles. The van der Waals surface area contributed by atoms with Gasteiger partial charge in [-0.15, -0.1) is 6.58 Å². The lowest BCUT2D eigenvalue weighted by Gasteiger charge is -2.36. The highest BCUT2D eigenvalue weighted by Gasteiger charge is 2.52. The van der Waals surface area contributed by atoms with E-state index in [2.05, 4.69) is 23.5 Å². The third-order valence-corrected chi connectivity index (χ3v) is 5.15. The van der Waals surface area contributed by atoms with Crippen molar-refractivity contribution in [3.63, 3.8) is 0 Å². The Hall–Kier alpha value is -1.47. The van der Waals surface area contributed by atoms with Crippen LogP contribution in [0.1, 0.15) is 33.4 Å². The van der Waals surface area contributed by atoms with Gasteiger partial charge in [-0.2, -0.15) is 0 Å². The average Bonchev–Trinajstić information content (AvgIpc) is 3.14. The Morgan fingerprint density at radius 2 is 2.20 bits per heavy atom. The first-order chi connectivity index (χ1) is 11.9. The number of fused-ring (bicyclic) bond motifs is 1. The SMILES string of the molecule is C=C[C@](CC)(COC)[C@H]1OC(C)(C)O[C@H]1n1ccc2c(Cl)ncnc21. The van der Waals surface area contributed by atoms with Crippen molar-refractivity contribution >= 4 is 22.6 Å². The number of aromatic nitrogens is 3. The second-order valence-corrected chi connectivity index (χ2v) is 7.15. The molecule has 0 bridgehead atoms. The zero-order valence-corrected chi connectivity index (χ0v) is 15.8. The molecule has 0 N–H and O–H groups in total. The molecule has 0 unspecified atom stereocenters. The van der Waals surface area contributed by atoms with E-state index in [1.807, 2.05) is 36.8 Å². The quantitative estimate of drug-likeness (QED) is 0.572. The Kier molecular flexibility index (Phi) is 4.90. The van der Waals surface area contributed by atoms with Crippen LogP contribution in [-0.4, -0.2) is 40.1 Å². The minimum Gasteiger partial charge on any atom is -0.384 e. The Balaban J connectivity index is 2.11. The maximum absolute atomic E-state index is 6.29. The molecule has 7 heteroatoms. The number of hydrogen-bond donors (Lipinski definition) is 0. The molecule has 1 aliphatic heterocycles. The van der Waals surface area contributed by atoms with E-state index in [1.54, 1.807) is 7.11 Å². The van der Waals surface area contributed by atoms with Crippen LogP contribution < -0.4 is 0 Å². The molecule has 1 saturated heterocycles. The van der Waals surface area contributed by atoms with Gasteiger partial charge in [0.25, 0.3) is 0 Å². The van der Waals surface area contributed by atoms with E-state index in [4.69, 9.17) is 25.8 Å². The summed E-state index contributed by atoms with van der Waals surface area (Å²) in [5.74, 6) is -0.736. The van der Waals surface area contributed by atoms with E-state index >= 15 is 0 Å². The molecule has 1 aliphatic rings. The van der Waals surface area contributed by atoms with E-state index in [1.165, 1.54) is 6.33 Å². The Bertz CT molecular complexity index is 776. The van der Waals surface area contributed by atoms with Crippen molar-refractivity contribution in [2.75, 3.05) is 13.7 Å². The zero-order chi connectivity index (χ0) is 18.2. The van der Waals surface area contributed by atoms with Gasteiger partial charge in [0, 0.05) is 18.7 Å². The summed E-state index contributed by atoms with van der Waals surface area (Å²) in [6, 6.07) is 1.89. The van der Waals surface area contributed by atoms with Crippen molar-refractivity contribution in [3.8, 4) is 0 Å². The van der Waals surface area contributed by atoms with Crippen LogP contribution in [0.5, 0.6) is 0 Å². The van der Waals surface area contributed by atoms with E-state index in [-0.39, 0.29) is 17.7 Å². The third kappa shape index (κ3) is 3.08. The number of halogens is 1. The Morgan fingerprint density at radius 3 is 2.84 bits per heavy atom. The summed E-state index contributed by atoms with van der Waals surface area (Å²) in [4.78, 5) is 8.42. The van der Waals surface area contributed by atoms with Crippen LogP contribution in [-0.2, 0) is 14.2 Å². The van der Waals surface area contributed by atoms with Crippen molar-refractivity contribution in [3.05, 3.63) is 36.4 Å². The first kappa shape index (κ1) is 18.3. The van der Waals surface area contributed by atoms with Crippen LogP contribution in [0.3, 0.4) is 0 Å². The molecule has 0 radical (unpaired) electrons. The fourth-order valence-electron chi connectivity index (χ4n) is 3.47. The van der Waals surface area contributed by atoms with Gasteiger partial charge in [0.05, 0.1) is 12.0 Å². The monoisotopic (exact) mass is 365 g/mol. The molecule has 0 saturated carbocycles. The lowest BCUT2D eigenvalue weighted by Crippen LogP contribution is -2.42. The van der Waals surface area contributed by atoms with Gasteiger partial charge in [0.1, 0.15) is 23.2 Å². The number of rotatable bonds is 6. The minimum absolute atomic E-state index is 0.283. The maximum atomic E-state index is 6.29. The molecular weight excluding hydrogens is 342 g/mol. The van der Waals surface area contributed by atoms with Gasteiger partial charge < -0.3 is 18.8 Å². The molecule has 25 heavy (non-hydrogen) atoms. The third-order valence-electron chi connectivity index (χ3n) is 4.85. The molecule has 0 amide bonds. The molecule has 1 fully saturated rings. The van der Waals surface area contributed by atoms with Crippen LogP contribution in [0, 0.1) is 5.41 Å². The van der Waals surface area contributed by atoms with Crippen LogP contribution >= 0.6 is 11.6 Å². The molecule has 0 spiro atoms. The molecule has 3 rings (SSSR count). The molecule has 2 aromatic rings. The zero-order valence-electron chi connectivity index (χ0n) is 15.0. The van der Waals surface area contributed by atoms with E-state index in [9.17, 15) is 0 Å². The normalized spacial score (nSPS) is 25.2. The minimum atomic E-state index is -0.736. The fourth-order valence-corrected chi connectivity index (χ4v) is 3.66. The van der Waals surface area contributed by atoms with Crippen molar-refractivity contribution in [2.45, 2.75) is 45.3 Å². The molecule has 0 aliphatic carbocycles. The van der Waals surface area contributed by atoms with Gasteiger partial charge in [-0.3, -0.25) is 0 Å². The second kappa shape index (κ2) is 6.68. The van der Waals surface area contributed by atoms with Gasteiger partial charge in [0.2, 0.25) is 0 Å². The van der Waals surface area contributed by atoms with Gasteiger partial charge in [-0.1, -0.05) is 24.6 Å². The van der Waals surface area contributed by atoms with Crippen LogP contribution in [0.25, 0.3) is 11.0 Å². The smallest absolute Gasteiger partial charge is 0.166 e. The summed E-state index contributed by atoms with van der Waals surface area (Å²) < 4.78 is 20.0. The molecule has 0 aromatic carbocycles. The topological polar surface area (TPSA) is 58.4 Å². The van der Waals surface area contributed by atoms with Gasteiger partial charge >= 0.3 is 0 Å². The molecule has 6 nitrogen and oxygen atoms in total. The predicted molar refractivity (Wildman–Crippen MR) is 96.4 cm³/mol. The molecular formula is C18H24ClN3O3. The number of ether oxygens (including phenoxy) is 3. The average molecular weight is 366 g/mol. The first-order valence-corrected chi connectivity index (χ1v) is 8.70. The van der Waals surface area contributed by atoms with E-state index < -0.39 is 5.79 Å². The van der Waals surface area contributed by atoms with Crippen molar-refractivity contribution in [1.29, 1.82) is 0 Å².